The zero-order valence-corrected chi connectivity index (χ0v) is 18.3. The lowest BCUT2D eigenvalue weighted by atomic mass is 10.1. The van der Waals surface area contributed by atoms with Gasteiger partial charge >= 0.3 is 0 Å². The molecule has 0 aliphatic carbocycles. The number of aromatic nitrogens is 2. The van der Waals surface area contributed by atoms with Crippen molar-refractivity contribution < 1.29 is 9.47 Å². The third kappa shape index (κ3) is 3.66. The molecule has 6 rings (SSSR count). The van der Waals surface area contributed by atoms with Crippen molar-refractivity contribution in [2.24, 2.45) is 0 Å². The first kappa shape index (κ1) is 19.5. The second kappa shape index (κ2) is 8.04. The normalized spacial score (nSPS) is 16.1. The molecule has 2 aliphatic rings. The highest BCUT2D eigenvalue weighted by Crippen LogP contribution is 2.34. The molecule has 0 radical (unpaired) electrons. The van der Waals surface area contributed by atoms with Crippen LogP contribution in [-0.2, 0) is 6.54 Å². The van der Waals surface area contributed by atoms with Crippen LogP contribution in [0.5, 0.6) is 11.5 Å². The maximum atomic E-state index is 6.67. The van der Waals surface area contributed by atoms with E-state index >= 15 is 0 Å². The highest BCUT2D eigenvalue weighted by Gasteiger charge is 2.20. The van der Waals surface area contributed by atoms with Gasteiger partial charge in [-0.15, -0.1) is 0 Å². The lowest BCUT2D eigenvalue weighted by Gasteiger charge is -2.36. The Bertz CT molecular complexity index is 1250. The largest absolute Gasteiger partial charge is 0.454 e. The molecule has 3 heterocycles. The maximum Gasteiger partial charge on any atom is 0.231 e. The molecule has 0 saturated carbocycles. The smallest absolute Gasteiger partial charge is 0.231 e. The van der Waals surface area contributed by atoms with Crippen LogP contribution in [0, 0.1) is 0 Å². The van der Waals surface area contributed by atoms with E-state index in [0.717, 1.165) is 72.3 Å². The quantitative estimate of drug-likeness (QED) is 0.481. The number of benzene rings is 3. The molecular weight excluding hydrogens is 424 g/mol. The van der Waals surface area contributed by atoms with Gasteiger partial charge in [0.15, 0.2) is 11.5 Å². The third-order valence-corrected chi connectivity index (χ3v) is 6.49. The van der Waals surface area contributed by atoms with Crippen LogP contribution < -0.4 is 14.4 Å². The molecule has 1 fully saturated rings. The van der Waals surface area contributed by atoms with Crippen LogP contribution >= 0.6 is 11.6 Å². The molecule has 6 nitrogen and oxygen atoms in total. The molecule has 1 saturated heterocycles. The van der Waals surface area contributed by atoms with E-state index in [4.69, 9.17) is 21.1 Å². The number of hydrogen-bond acceptors (Lipinski definition) is 5. The minimum atomic E-state index is 0.315. The highest BCUT2D eigenvalue weighted by molar-refractivity contribution is 6.33. The van der Waals surface area contributed by atoms with Gasteiger partial charge in [-0.2, -0.15) is 0 Å². The Kier molecular flexibility index (Phi) is 4.89. The molecular formula is C25H23ClN4O2. The number of para-hydroxylation sites is 2. The zero-order valence-electron chi connectivity index (χ0n) is 17.6. The van der Waals surface area contributed by atoms with Crippen LogP contribution in [0.3, 0.4) is 0 Å². The van der Waals surface area contributed by atoms with E-state index in [9.17, 15) is 0 Å². The van der Waals surface area contributed by atoms with Crippen molar-refractivity contribution in [2.45, 2.75) is 6.54 Å². The third-order valence-electron chi connectivity index (χ3n) is 6.18. The van der Waals surface area contributed by atoms with Crippen molar-refractivity contribution in [3.8, 4) is 22.9 Å². The number of aromatic amines is 1. The molecule has 3 aromatic carbocycles. The molecule has 32 heavy (non-hydrogen) atoms. The van der Waals surface area contributed by atoms with Gasteiger partial charge in [0, 0.05) is 44.0 Å². The van der Waals surface area contributed by atoms with Gasteiger partial charge in [-0.05, 0) is 48.0 Å². The van der Waals surface area contributed by atoms with Crippen LogP contribution in [0.15, 0.2) is 60.7 Å². The highest BCUT2D eigenvalue weighted by atomic mass is 35.5. The average Bonchev–Trinajstić information content (AvgIpc) is 3.46. The molecule has 7 heteroatoms. The monoisotopic (exact) mass is 446 g/mol. The average molecular weight is 447 g/mol. The van der Waals surface area contributed by atoms with Gasteiger partial charge in [-0.25, -0.2) is 4.98 Å². The first-order valence-corrected chi connectivity index (χ1v) is 11.2. The summed E-state index contributed by atoms with van der Waals surface area (Å²) in [4.78, 5) is 12.9. The van der Waals surface area contributed by atoms with Crippen molar-refractivity contribution in [1.29, 1.82) is 0 Å². The summed E-state index contributed by atoms with van der Waals surface area (Å²) in [6.45, 7) is 5.15. The fourth-order valence-electron chi connectivity index (χ4n) is 4.43. The lowest BCUT2D eigenvalue weighted by Crippen LogP contribution is -2.45. The molecule has 0 atom stereocenters. The predicted molar refractivity (Wildman–Crippen MR) is 127 cm³/mol. The fourth-order valence-corrected chi connectivity index (χ4v) is 4.70. The van der Waals surface area contributed by atoms with Crippen LogP contribution in [-0.4, -0.2) is 47.8 Å². The first-order chi connectivity index (χ1) is 15.7. The number of hydrogen-bond donors (Lipinski definition) is 1. The Morgan fingerprint density at radius 2 is 1.75 bits per heavy atom. The van der Waals surface area contributed by atoms with Gasteiger partial charge in [-0.1, -0.05) is 29.8 Å². The minimum Gasteiger partial charge on any atom is -0.454 e. The van der Waals surface area contributed by atoms with Crippen molar-refractivity contribution >= 4 is 28.3 Å². The number of nitrogens with zero attached hydrogens (tertiary/aromatic N) is 3. The van der Waals surface area contributed by atoms with Crippen LogP contribution in [0.1, 0.15) is 5.56 Å². The van der Waals surface area contributed by atoms with E-state index in [-0.39, 0.29) is 0 Å². The number of rotatable bonds is 4. The van der Waals surface area contributed by atoms with Crippen molar-refractivity contribution in [2.75, 3.05) is 37.9 Å². The first-order valence-electron chi connectivity index (χ1n) is 10.8. The maximum absolute atomic E-state index is 6.67. The van der Waals surface area contributed by atoms with Crippen molar-refractivity contribution in [1.82, 2.24) is 14.9 Å². The molecule has 1 aromatic heterocycles. The molecule has 4 aromatic rings. The Balaban J connectivity index is 1.12. The summed E-state index contributed by atoms with van der Waals surface area (Å²) in [7, 11) is 0. The second-order valence-corrected chi connectivity index (χ2v) is 8.62. The summed E-state index contributed by atoms with van der Waals surface area (Å²) >= 11 is 6.67. The number of anilines is 1. The number of imidazole rings is 1. The summed E-state index contributed by atoms with van der Waals surface area (Å²) in [6, 6.07) is 20.5. The Labute approximate surface area is 191 Å². The molecule has 0 amide bonds. The fraction of sp³-hybridized carbons (Fsp3) is 0.240. The topological polar surface area (TPSA) is 53.6 Å². The van der Waals surface area contributed by atoms with E-state index < -0.39 is 0 Å². The lowest BCUT2D eigenvalue weighted by molar-refractivity contribution is 0.174. The molecule has 0 unspecified atom stereocenters. The predicted octanol–water partition coefficient (Wildman–Crippen LogP) is 4.93. The molecule has 162 valence electrons. The van der Waals surface area contributed by atoms with E-state index in [0.29, 0.717) is 11.8 Å². The van der Waals surface area contributed by atoms with Gasteiger partial charge < -0.3 is 19.4 Å². The molecule has 0 spiro atoms. The summed E-state index contributed by atoms with van der Waals surface area (Å²) < 4.78 is 10.9. The van der Waals surface area contributed by atoms with Gasteiger partial charge in [0.05, 0.1) is 16.1 Å². The Morgan fingerprint density at radius 3 is 2.59 bits per heavy atom. The number of piperazine rings is 1. The zero-order chi connectivity index (χ0) is 21.5. The van der Waals surface area contributed by atoms with Crippen molar-refractivity contribution in [3.63, 3.8) is 0 Å². The van der Waals surface area contributed by atoms with E-state index in [2.05, 4.69) is 50.1 Å². The summed E-state index contributed by atoms with van der Waals surface area (Å²) in [5, 5.41) is 0.712. The number of H-pyrrole nitrogens is 1. The minimum absolute atomic E-state index is 0.315. The van der Waals surface area contributed by atoms with Crippen LogP contribution in [0.25, 0.3) is 22.4 Å². The van der Waals surface area contributed by atoms with Gasteiger partial charge in [0.1, 0.15) is 5.82 Å². The van der Waals surface area contributed by atoms with Gasteiger partial charge in [-0.3, -0.25) is 4.90 Å². The Morgan fingerprint density at radius 1 is 0.906 bits per heavy atom. The number of ether oxygens (including phenoxy) is 2. The number of halogens is 1. The SMILES string of the molecule is Clc1cc(N2CCN(Cc3ccc4c(c3)OCO4)CC2)ccc1-c1nc2ccccc2[nH]1. The van der Waals surface area contributed by atoms with E-state index in [1.165, 1.54) is 5.56 Å². The summed E-state index contributed by atoms with van der Waals surface area (Å²) in [5.41, 5.74) is 5.29. The number of nitrogens with one attached hydrogen (secondary N) is 1. The van der Waals surface area contributed by atoms with E-state index in [1.54, 1.807) is 0 Å². The molecule has 0 bridgehead atoms. The Hall–Kier alpha value is -3.22. The second-order valence-electron chi connectivity index (χ2n) is 8.22. The summed E-state index contributed by atoms with van der Waals surface area (Å²) in [6.07, 6.45) is 0. The van der Waals surface area contributed by atoms with Gasteiger partial charge in [0.2, 0.25) is 6.79 Å². The van der Waals surface area contributed by atoms with Gasteiger partial charge in [0.25, 0.3) is 0 Å². The molecule has 1 N–H and O–H groups in total. The summed E-state index contributed by atoms with van der Waals surface area (Å²) in [5.74, 6) is 2.48. The van der Waals surface area contributed by atoms with Crippen LogP contribution in [0.2, 0.25) is 5.02 Å². The molecule has 2 aliphatic heterocycles. The standard InChI is InChI=1S/C25H23ClN4O2/c26-20-14-18(6-7-19(20)25-27-21-3-1-2-4-22(21)28-25)30-11-9-29(10-12-30)15-17-5-8-23-24(13-17)32-16-31-23/h1-8,13-14H,9-12,15-16H2,(H,27,28). The van der Waals surface area contributed by atoms with Crippen molar-refractivity contribution in [3.05, 3.63) is 71.2 Å². The number of fused-ring (bicyclic) bond motifs is 2. The van der Waals surface area contributed by atoms with Crippen LogP contribution in [0.4, 0.5) is 5.69 Å². The van der Waals surface area contributed by atoms with E-state index in [1.807, 2.05) is 30.3 Å².